The summed E-state index contributed by atoms with van der Waals surface area (Å²) in [4.78, 5) is 17.0. The van der Waals surface area contributed by atoms with Crippen molar-refractivity contribution in [3.8, 4) is 0 Å². The van der Waals surface area contributed by atoms with Gasteiger partial charge in [-0.15, -0.1) is 0 Å². The van der Waals surface area contributed by atoms with Crippen LogP contribution in [-0.2, 0) is 27.6 Å². The van der Waals surface area contributed by atoms with Gasteiger partial charge in [0.2, 0.25) is 15.7 Å². The van der Waals surface area contributed by atoms with Crippen molar-refractivity contribution in [2.24, 2.45) is 0 Å². The van der Waals surface area contributed by atoms with Gasteiger partial charge in [0.15, 0.2) is 0 Å². The second-order valence-corrected chi connectivity index (χ2v) is 9.06. The van der Waals surface area contributed by atoms with Crippen molar-refractivity contribution in [3.05, 3.63) is 83.7 Å². The van der Waals surface area contributed by atoms with Gasteiger partial charge in [0.05, 0.1) is 9.79 Å². The molecule has 1 amide bonds. The van der Waals surface area contributed by atoms with Gasteiger partial charge in [-0.3, -0.25) is 9.78 Å². The van der Waals surface area contributed by atoms with Gasteiger partial charge in [-0.25, -0.2) is 8.42 Å². The summed E-state index contributed by atoms with van der Waals surface area (Å²) in [6, 6.07) is 14.9. The number of aryl methyl sites for hydroxylation is 1. The molecule has 0 saturated heterocycles. The molecular weight excluding hydrogens is 386 g/mol. The molecule has 148 valence electrons. The minimum Gasteiger partial charge on any atom is -0.373 e. The Hall–Kier alpha value is -3.19. The second-order valence-electron chi connectivity index (χ2n) is 7.11. The van der Waals surface area contributed by atoms with E-state index in [0.717, 1.165) is 22.4 Å². The second kappa shape index (κ2) is 7.67. The van der Waals surface area contributed by atoms with Gasteiger partial charge in [-0.05, 0) is 48.4 Å². The Kier molecular flexibility index (Phi) is 5.07. The number of rotatable bonds is 5. The predicted octanol–water partition coefficient (Wildman–Crippen LogP) is 2.88. The SMILES string of the molecule is Cc1ccc(S(=O)(=O)c2ccc(CNC(=O)C3Cc4cnccc4N3)cc2)cc1. The average Bonchev–Trinajstić information content (AvgIpc) is 3.17. The number of aromatic nitrogens is 1. The lowest BCUT2D eigenvalue weighted by Crippen LogP contribution is -2.38. The maximum atomic E-state index is 12.7. The van der Waals surface area contributed by atoms with E-state index in [4.69, 9.17) is 0 Å². The Balaban J connectivity index is 1.39. The molecule has 0 spiro atoms. The lowest BCUT2D eigenvalue weighted by molar-refractivity contribution is -0.121. The van der Waals surface area contributed by atoms with Gasteiger partial charge in [-0.2, -0.15) is 0 Å². The fourth-order valence-corrected chi connectivity index (χ4v) is 4.56. The number of hydrogen-bond donors (Lipinski definition) is 2. The van der Waals surface area contributed by atoms with Crippen molar-refractivity contribution in [1.29, 1.82) is 0 Å². The molecule has 0 aliphatic carbocycles. The monoisotopic (exact) mass is 407 g/mol. The largest absolute Gasteiger partial charge is 0.373 e. The van der Waals surface area contributed by atoms with Crippen LogP contribution in [0.25, 0.3) is 0 Å². The van der Waals surface area contributed by atoms with Gasteiger partial charge in [0.1, 0.15) is 6.04 Å². The highest BCUT2D eigenvalue weighted by atomic mass is 32.2. The number of nitrogens with zero attached hydrogens (tertiary/aromatic N) is 1. The standard InChI is InChI=1S/C22H21N3O3S/c1-15-2-6-18(7-3-15)29(27,28)19-8-4-16(5-9-19)13-24-22(26)21-12-17-14-23-11-10-20(17)25-21/h2-11,14,21,25H,12-13H2,1H3,(H,24,26). The van der Waals surface area contributed by atoms with Gasteiger partial charge < -0.3 is 10.6 Å². The van der Waals surface area contributed by atoms with Crippen LogP contribution < -0.4 is 10.6 Å². The van der Waals surface area contributed by atoms with E-state index < -0.39 is 9.84 Å². The van der Waals surface area contributed by atoms with E-state index in [1.54, 1.807) is 60.9 Å². The zero-order valence-corrected chi connectivity index (χ0v) is 16.7. The summed E-state index contributed by atoms with van der Waals surface area (Å²) in [6.45, 7) is 2.24. The first-order valence-corrected chi connectivity index (χ1v) is 10.8. The number of fused-ring (bicyclic) bond motifs is 1. The Bertz CT molecular complexity index is 1120. The summed E-state index contributed by atoms with van der Waals surface area (Å²) < 4.78 is 25.4. The van der Waals surface area contributed by atoms with Crippen LogP contribution >= 0.6 is 0 Å². The molecule has 1 aromatic heterocycles. The highest BCUT2D eigenvalue weighted by Crippen LogP contribution is 2.24. The normalized spacial score (nSPS) is 15.4. The van der Waals surface area contributed by atoms with E-state index >= 15 is 0 Å². The first-order chi connectivity index (χ1) is 13.9. The molecule has 1 aliphatic rings. The fourth-order valence-electron chi connectivity index (χ4n) is 3.30. The Morgan fingerprint density at radius 3 is 2.38 bits per heavy atom. The number of pyridine rings is 1. The van der Waals surface area contributed by atoms with Crippen LogP contribution in [0.1, 0.15) is 16.7 Å². The summed E-state index contributed by atoms with van der Waals surface area (Å²) in [5, 5.41) is 6.09. The van der Waals surface area contributed by atoms with Crippen molar-refractivity contribution >= 4 is 21.4 Å². The number of benzene rings is 2. The number of carbonyl (C=O) groups excluding carboxylic acids is 1. The highest BCUT2D eigenvalue weighted by Gasteiger charge is 2.26. The molecule has 2 heterocycles. The van der Waals surface area contributed by atoms with E-state index in [0.29, 0.717) is 13.0 Å². The van der Waals surface area contributed by atoms with E-state index in [1.807, 2.05) is 13.0 Å². The lowest BCUT2D eigenvalue weighted by atomic mass is 10.1. The molecule has 1 aliphatic heterocycles. The van der Waals surface area contributed by atoms with Crippen LogP contribution in [0.2, 0.25) is 0 Å². The van der Waals surface area contributed by atoms with Gasteiger partial charge in [0.25, 0.3) is 0 Å². The average molecular weight is 407 g/mol. The molecule has 2 aromatic carbocycles. The highest BCUT2D eigenvalue weighted by molar-refractivity contribution is 7.91. The molecule has 4 rings (SSSR count). The quantitative estimate of drug-likeness (QED) is 0.679. The van der Waals surface area contributed by atoms with Crippen LogP contribution in [0.4, 0.5) is 5.69 Å². The molecule has 7 heteroatoms. The third-order valence-electron chi connectivity index (χ3n) is 5.01. The van der Waals surface area contributed by atoms with Crippen LogP contribution in [0.15, 0.2) is 76.8 Å². The van der Waals surface area contributed by atoms with Crippen molar-refractivity contribution in [2.75, 3.05) is 5.32 Å². The van der Waals surface area contributed by atoms with Crippen molar-refractivity contribution in [3.63, 3.8) is 0 Å². The molecule has 29 heavy (non-hydrogen) atoms. The number of sulfone groups is 1. The fraction of sp³-hybridized carbons (Fsp3) is 0.182. The smallest absolute Gasteiger partial charge is 0.243 e. The summed E-state index contributed by atoms with van der Waals surface area (Å²) in [7, 11) is -3.55. The molecular formula is C22H21N3O3S. The molecule has 6 nitrogen and oxygen atoms in total. The third-order valence-corrected chi connectivity index (χ3v) is 6.79. The van der Waals surface area contributed by atoms with Crippen LogP contribution in [0, 0.1) is 6.92 Å². The summed E-state index contributed by atoms with van der Waals surface area (Å²) in [6.07, 6.45) is 4.06. The summed E-state index contributed by atoms with van der Waals surface area (Å²) >= 11 is 0. The molecule has 0 bridgehead atoms. The third kappa shape index (κ3) is 4.00. The number of hydrogen-bond acceptors (Lipinski definition) is 5. The van der Waals surface area contributed by atoms with Crippen LogP contribution in [-0.4, -0.2) is 25.4 Å². The Morgan fingerprint density at radius 1 is 1.07 bits per heavy atom. The van der Waals surface area contributed by atoms with Crippen LogP contribution in [0.5, 0.6) is 0 Å². The number of carbonyl (C=O) groups is 1. The van der Waals surface area contributed by atoms with Crippen molar-refractivity contribution in [2.45, 2.75) is 35.7 Å². The molecule has 2 N–H and O–H groups in total. The number of amides is 1. The zero-order chi connectivity index (χ0) is 20.4. The van der Waals surface area contributed by atoms with Crippen molar-refractivity contribution < 1.29 is 13.2 Å². The Morgan fingerprint density at radius 2 is 1.72 bits per heavy atom. The van der Waals surface area contributed by atoms with Gasteiger partial charge >= 0.3 is 0 Å². The first-order valence-electron chi connectivity index (χ1n) is 9.31. The molecule has 0 saturated carbocycles. The van der Waals surface area contributed by atoms with E-state index in [-0.39, 0.29) is 21.7 Å². The minimum absolute atomic E-state index is 0.0995. The summed E-state index contributed by atoms with van der Waals surface area (Å²) in [5.41, 5.74) is 3.80. The molecule has 0 radical (unpaired) electrons. The van der Waals surface area contributed by atoms with E-state index in [9.17, 15) is 13.2 Å². The van der Waals surface area contributed by atoms with E-state index in [2.05, 4.69) is 15.6 Å². The Labute approximate surface area is 169 Å². The molecule has 0 fully saturated rings. The number of nitrogens with one attached hydrogen (secondary N) is 2. The van der Waals surface area contributed by atoms with Crippen molar-refractivity contribution in [1.82, 2.24) is 10.3 Å². The first kappa shape index (κ1) is 19.1. The van der Waals surface area contributed by atoms with E-state index in [1.165, 1.54) is 0 Å². The maximum Gasteiger partial charge on any atom is 0.243 e. The van der Waals surface area contributed by atoms with Gasteiger partial charge in [-0.1, -0.05) is 29.8 Å². The predicted molar refractivity (Wildman–Crippen MR) is 110 cm³/mol. The molecule has 3 aromatic rings. The van der Waals surface area contributed by atoms with Gasteiger partial charge in [0, 0.05) is 31.0 Å². The topological polar surface area (TPSA) is 88.2 Å². The maximum absolute atomic E-state index is 12.7. The zero-order valence-electron chi connectivity index (χ0n) is 15.9. The lowest BCUT2D eigenvalue weighted by Gasteiger charge is -2.12. The minimum atomic E-state index is -3.55. The molecule has 1 unspecified atom stereocenters. The van der Waals surface area contributed by atoms with Crippen LogP contribution in [0.3, 0.4) is 0 Å². The molecule has 1 atom stereocenters. The summed E-state index contributed by atoms with van der Waals surface area (Å²) in [5.74, 6) is -0.0995. The number of anilines is 1.